The van der Waals surface area contributed by atoms with Crippen LogP contribution in [0.25, 0.3) is 0 Å². The smallest absolute Gasteiger partial charge is 0.320 e. The topological polar surface area (TPSA) is 152 Å². The van der Waals surface area contributed by atoms with Gasteiger partial charge in [0.2, 0.25) is 0 Å². The van der Waals surface area contributed by atoms with Gasteiger partial charge in [-0.25, -0.2) is 0 Å². The third kappa shape index (κ3) is 3.62. The van der Waals surface area contributed by atoms with Gasteiger partial charge >= 0.3 is 6.01 Å². The summed E-state index contributed by atoms with van der Waals surface area (Å²) in [4.78, 5) is 10.6. The molecule has 172 valence electrons. The Hall–Kier alpha value is -2.66. The van der Waals surface area contributed by atoms with Crippen LogP contribution in [0.1, 0.15) is 38.2 Å². The zero-order valence-electron chi connectivity index (χ0n) is 18.0. The lowest BCUT2D eigenvalue weighted by atomic mass is 10.0. The molecule has 0 spiro atoms. The van der Waals surface area contributed by atoms with Gasteiger partial charge in [0.05, 0.1) is 6.10 Å². The Morgan fingerprint density at radius 1 is 1.19 bits per heavy atom. The van der Waals surface area contributed by atoms with Crippen molar-refractivity contribution in [3.05, 3.63) is 35.9 Å². The summed E-state index contributed by atoms with van der Waals surface area (Å²) >= 11 is 0. The quantitative estimate of drug-likeness (QED) is 0.452. The minimum Gasteiger partial charge on any atom is -0.460 e. The molecule has 1 saturated heterocycles. The van der Waals surface area contributed by atoms with Gasteiger partial charge in [-0.1, -0.05) is 30.3 Å². The lowest BCUT2D eigenvalue weighted by Crippen LogP contribution is -2.65. The van der Waals surface area contributed by atoms with Crippen molar-refractivity contribution in [2.24, 2.45) is 5.73 Å². The third-order valence-electron chi connectivity index (χ3n) is 6.52. The standard InChI is InChI=1S/C22H30N6O4/c1-12-16(29)17(30)20(31-12)28-19-15(27-22(28,24)11-13-7-3-2-4-8-13)18(23)25-21(26-19)32-14-9-5-6-10-14/h2-4,7-8,12,14,16-17,20,27,29-30H,5-6,9-11,24H2,1H3,(H2,23,25,26)/t12-,16-,17-,20-,22?/m1/s1. The van der Waals surface area contributed by atoms with Crippen LogP contribution in [0, 0.1) is 0 Å². The molecule has 0 bridgehead atoms. The number of hydrogen-bond donors (Lipinski definition) is 5. The number of aliphatic hydroxyl groups excluding tert-OH is 2. The van der Waals surface area contributed by atoms with E-state index in [4.69, 9.17) is 20.9 Å². The van der Waals surface area contributed by atoms with Crippen molar-refractivity contribution in [3.63, 3.8) is 0 Å². The molecule has 5 rings (SSSR count). The van der Waals surface area contributed by atoms with Crippen LogP contribution in [0.15, 0.2) is 30.3 Å². The number of ether oxygens (including phenoxy) is 2. The van der Waals surface area contributed by atoms with Gasteiger partial charge in [-0.2, -0.15) is 9.97 Å². The number of anilines is 3. The molecule has 7 N–H and O–H groups in total. The normalized spacial score (nSPS) is 32.2. The first-order valence-electron chi connectivity index (χ1n) is 11.1. The number of hydrogen-bond acceptors (Lipinski definition) is 10. The molecule has 1 aromatic carbocycles. The molecule has 5 atom stereocenters. The number of benzene rings is 1. The van der Waals surface area contributed by atoms with Gasteiger partial charge in [-0.15, -0.1) is 0 Å². The fourth-order valence-electron chi connectivity index (χ4n) is 4.84. The molecule has 1 saturated carbocycles. The molecule has 0 amide bonds. The number of aliphatic hydroxyl groups is 2. The number of nitrogen functional groups attached to an aromatic ring is 1. The Kier molecular flexibility index (Phi) is 5.32. The van der Waals surface area contributed by atoms with Crippen LogP contribution >= 0.6 is 0 Å². The number of aromatic nitrogens is 2. The lowest BCUT2D eigenvalue weighted by Gasteiger charge is -2.40. The molecule has 3 heterocycles. The zero-order chi connectivity index (χ0) is 22.5. The highest BCUT2D eigenvalue weighted by Gasteiger charge is 2.54. The van der Waals surface area contributed by atoms with Crippen molar-refractivity contribution in [2.45, 2.75) is 75.5 Å². The Morgan fingerprint density at radius 2 is 1.91 bits per heavy atom. The fraction of sp³-hybridized carbons (Fsp3) is 0.545. The van der Waals surface area contributed by atoms with Crippen LogP contribution < -0.4 is 26.4 Å². The van der Waals surface area contributed by atoms with Crippen molar-refractivity contribution in [1.29, 1.82) is 0 Å². The summed E-state index contributed by atoms with van der Waals surface area (Å²) in [6.07, 6.45) is 0.780. The summed E-state index contributed by atoms with van der Waals surface area (Å²) < 4.78 is 11.9. The first-order chi connectivity index (χ1) is 15.4. The molecule has 3 aliphatic rings. The predicted molar refractivity (Wildman–Crippen MR) is 119 cm³/mol. The highest BCUT2D eigenvalue weighted by molar-refractivity contribution is 5.83. The molecule has 2 fully saturated rings. The van der Waals surface area contributed by atoms with E-state index in [2.05, 4.69) is 15.3 Å². The molecule has 2 aliphatic heterocycles. The van der Waals surface area contributed by atoms with Crippen LogP contribution in [0.2, 0.25) is 0 Å². The second kappa shape index (κ2) is 8.04. The number of nitrogens with two attached hydrogens (primary N) is 2. The SMILES string of the molecule is C[C@H]1O[C@@H](N2c3nc(OC4CCCC4)nc(N)c3NC2(N)Cc2ccccc2)[C@H](O)[C@@H]1O. The third-order valence-corrected chi connectivity index (χ3v) is 6.52. The summed E-state index contributed by atoms with van der Waals surface area (Å²) in [5, 5.41) is 24.4. The lowest BCUT2D eigenvalue weighted by molar-refractivity contribution is 0.00371. The van der Waals surface area contributed by atoms with Crippen LogP contribution in [0.4, 0.5) is 17.3 Å². The van der Waals surface area contributed by atoms with Crippen LogP contribution in [-0.2, 0) is 11.2 Å². The molecule has 10 heteroatoms. The van der Waals surface area contributed by atoms with Crippen LogP contribution in [0.5, 0.6) is 6.01 Å². The highest BCUT2D eigenvalue weighted by Crippen LogP contribution is 2.45. The monoisotopic (exact) mass is 442 g/mol. The van der Waals surface area contributed by atoms with E-state index in [0.717, 1.165) is 31.2 Å². The van der Waals surface area contributed by atoms with Gasteiger partial charge in [0.15, 0.2) is 23.7 Å². The van der Waals surface area contributed by atoms with Crippen LogP contribution in [-0.4, -0.2) is 56.6 Å². The van der Waals surface area contributed by atoms with E-state index >= 15 is 0 Å². The average Bonchev–Trinajstić information content (AvgIpc) is 3.43. The number of nitrogens with one attached hydrogen (secondary N) is 1. The maximum absolute atomic E-state index is 10.8. The Labute approximate surface area is 186 Å². The Bertz CT molecular complexity index is 972. The predicted octanol–water partition coefficient (Wildman–Crippen LogP) is 0.934. The molecule has 2 aromatic rings. The van der Waals surface area contributed by atoms with Gasteiger partial charge < -0.3 is 30.7 Å². The summed E-state index contributed by atoms with van der Waals surface area (Å²) in [5.41, 5.74) is 14.6. The van der Waals surface area contributed by atoms with E-state index in [1.165, 1.54) is 0 Å². The van der Waals surface area contributed by atoms with Gasteiger partial charge in [0.25, 0.3) is 0 Å². The Morgan fingerprint density at radius 3 is 2.56 bits per heavy atom. The Balaban J connectivity index is 1.55. The minimum absolute atomic E-state index is 0.0531. The maximum Gasteiger partial charge on any atom is 0.320 e. The number of fused-ring (bicyclic) bond motifs is 1. The van der Waals surface area contributed by atoms with Gasteiger partial charge in [0, 0.05) is 6.42 Å². The van der Waals surface area contributed by atoms with Crippen molar-refractivity contribution in [3.8, 4) is 6.01 Å². The molecular formula is C22H30N6O4. The summed E-state index contributed by atoms with van der Waals surface area (Å²) in [5.74, 6) is -0.641. The van der Waals surface area contributed by atoms with Gasteiger partial charge in [-0.05, 0) is 38.2 Å². The second-order valence-corrected chi connectivity index (χ2v) is 8.91. The largest absolute Gasteiger partial charge is 0.460 e. The van der Waals surface area contributed by atoms with Gasteiger partial charge in [0.1, 0.15) is 24.0 Å². The first-order valence-corrected chi connectivity index (χ1v) is 11.1. The van der Waals surface area contributed by atoms with E-state index in [9.17, 15) is 10.2 Å². The second-order valence-electron chi connectivity index (χ2n) is 8.91. The molecule has 10 nitrogen and oxygen atoms in total. The van der Waals surface area contributed by atoms with E-state index < -0.39 is 30.3 Å². The van der Waals surface area contributed by atoms with E-state index in [1.807, 2.05) is 30.3 Å². The fourth-order valence-corrected chi connectivity index (χ4v) is 4.84. The number of nitrogens with zero attached hydrogens (tertiary/aromatic N) is 3. The van der Waals surface area contributed by atoms with Crippen molar-refractivity contribution < 1.29 is 19.7 Å². The van der Waals surface area contributed by atoms with Crippen molar-refractivity contribution in [1.82, 2.24) is 9.97 Å². The maximum atomic E-state index is 10.8. The molecule has 1 aromatic heterocycles. The highest BCUT2D eigenvalue weighted by atomic mass is 16.6. The summed E-state index contributed by atoms with van der Waals surface area (Å²) in [6, 6.07) is 9.89. The minimum atomic E-state index is -1.23. The van der Waals surface area contributed by atoms with Crippen molar-refractivity contribution >= 4 is 17.3 Å². The molecule has 1 aliphatic carbocycles. The van der Waals surface area contributed by atoms with E-state index in [1.54, 1.807) is 11.8 Å². The molecular weight excluding hydrogens is 412 g/mol. The van der Waals surface area contributed by atoms with E-state index in [0.29, 0.717) is 17.9 Å². The molecule has 32 heavy (non-hydrogen) atoms. The zero-order valence-corrected chi connectivity index (χ0v) is 18.0. The van der Waals surface area contributed by atoms with Crippen molar-refractivity contribution in [2.75, 3.05) is 16.0 Å². The van der Waals surface area contributed by atoms with E-state index in [-0.39, 0.29) is 17.9 Å². The number of rotatable bonds is 5. The molecule has 0 radical (unpaired) electrons. The van der Waals surface area contributed by atoms with Crippen LogP contribution in [0.3, 0.4) is 0 Å². The summed E-state index contributed by atoms with van der Waals surface area (Å²) in [7, 11) is 0. The molecule has 1 unspecified atom stereocenters. The van der Waals surface area contributed by atoms with Gasteiger partial charge in [-0.3, -0.25) is 10.6 Å². The average molecular weight is 443 g/mol. The summed E-state index contributed by atoms with van der Waals surface area (Å²) in [6.45, 7) is 1.71. The first kappa shape index (κ1) is 21.2.